The Morgan fingerprint density at radius 3 is 2.82 bits per heavy atom. The molecule has 120 valence electrons. The van der Waals surface area contributed by atoms with Gasteiger partial charge in [-0.3, -0.25) is 0 Å². The van der Waals surface area contributed by atoms with Crippen molar-refractivity contribution >= 4 is 12.0 Å². The standard InChI is InChI=1S/C16H17F3O3/c1-2-21-15(20)13(14-7-4-8-22-14)10-11-5-3-6-12(9-11)16(17,18)19/h3,5-6,9-10,14H,2,4,7-8H2,1H3/b13-10+. The molecule has 1 heterocycles. The van der Waals surface area contributed by atoms with Crippen molar-refractivity contribution in [2.24, 2.45) is 0 Å². The Bertz CT molecular complexity index is 558. The van der Waals surface area contributed by atoms with E-state index >= 15 is 0 Å². The molecule has 0 radical (unpaired) electrons. The Labute approximate surface area is 126 Å². The molecule has 0 N–H and O–H groups in total. The highest BCUT2D eigenvalue weighted by molar-refractivity contribution is 5.94. The minimum Gasteiger partial charge on any atom is -0.463 e. The zero-order valence-electron chi connectivity index (χ0n) is 12.2. The number of halogens is 3. The summed E-state index contributed by atoms with van der Waals surface area (Å²) in [4.78, 5) is 12.0. The van der Waals surface area contributed by atoms with E-state index < -0.39 is 23.8 Å². The third-order valence-corrected chi connectivity index (χ3v) is 3.32. The molecule has 1 aliphatic rings. The number of carbonyl (C=O) groups excluding carboxylic acids is 1. The summed E-state index contributed by atoms with van der Waals surface area (Å²) >= 11 is 0. The third-order valence-electron chi connectivity index (χ3n) is 3.32. The first-order valence-electron chi connectivity index (χ1n) is 7.09. The van der Waals surface area contributed by atoms with Crippen molar-refractivity contribution in [3.63, 3.8) is 0 Å². The van der Waals surface area contributed by atoms with Gasteiger partial charge in [-0.15, -0.1) is 0 Å². The second kappa shape index (κ2) is 6.96. The van der Waals surface area contributed by atoms with Gasteiger partial charge in [0.05, 0.1) is 23.8 Å². The second-order valence-corrected chi connectivity index (χ2v) is 4.95. The number of carbonyl (C=O) groups is 1. The van der Waals surface area contributed by atoms with E-state index in [9.17, 15) is 18.0 Å². The van der Waals surface area contributed by atoms with Crippen molar-refractivity contribution in [1.29, 1.82) is 0 Å². The molecule has 2 rings (SSSR count). The number of rotatable bonds is 4. The molecule has 1 aromatic rings. The van der Waals surface area contributed by atoms with E-state index in [2.05, 4.69) is 0 Å². The lowest BCUT2D eigenvalue weighted by Crippen LogP contribution is -2.19. The number of alkyl halides is 3. The Morgan fingerprint density at radius 2 is 2.23 bits per heavy atom. The lowest BCUT2D eigenvalue weighted by molar-refractivity contribution is -0.139. The molecule has 3 nitrogen and oxygen atoms in total. The summed E-state index contributed by atoms with van der Waals surface area (Å²) in [7, 11) is 0. The van der Waals surface area contributed by atoms with Gasteiger partial charge < -0.3 is 9.47 Å². The van der Waals surface area contributed by atoms with E-state index in [1.165, 1.54) is 18.2 Å². The van der Waals surface area contributed by atoms with E-state index in [0.29, 0.717) is 18.6 Å². The second-order valence-electron chi connectivity index (χ2n) is 4.95. The van der Waals surface area contributed by atoms with Gasteiger partial charge in [0.25, 0.3) is 0 Å². The summed E-state index contributed by atoms with van der Waals surface area (Å²) in [6, 6.07) is 4.83. The topological polar surface area (TPSA) is 35.5 Å². The van der Waals surface area contributed by atoms with Crippen LogP contribution in [0, 0.1) is 0 Å². The largest absolute Gasteiger partial charge is 0.463 e. The Balaban J connectivity index is 2.34. The smallest absolute Gasteiger partial charge is 0.416 e. The normalized spacial score (nSPS) is 19.3. The van der Waals surface area contributed by atoms with E-state index in [-0.39, 0.29) is 12.2 Å². The van der Waals surface area contributed by atoms with Crippen molar-refractivity contribution in [3.8, 4) is 0 Å². The molecule has 0 saturated carbocycles. The van der Waals surface area contributed by atoms with Crippen LogP contribution >= 0.6 is 0 Å². The van der Waals surface area contributed by atoms with Crippen molar-refractivity contribution in [1.82, 2.24) is 0 Å². The van der Waals surface area contributed by atoms with E-state index in [4.69, 9.17) is 9.47 Å². The first-order valence-corrected chi connectivity index (χ1v) is 7.09. The molecule has 22 heavy (non-hydrogen) atoms. The van der Waals surface area contributed by atoms with Gasteiger partial charge in [-0.05, 0) is 43.5 Å². The Hall–Kier alpha value is -1.82. The molecule has 1 fully saturated rings. The predicted molar refractivity (Wildman–Crippen MR) is 75.0 cm³/mol. The highest BCUT2D eigenvalue weighted by Crippen LogP contribution is 2.30. The molecule has 6 heteroatoms. The molecule has 0 amide bonds. The van der Waals surface area contributed by atoms with Crippen molar-refractivity contribution < 1.29 is 27.4 Å². The lowest BCUT2D eigenvalue weighted by Gasteiger charge is -2.14. The monoisotopic (exact) mass is 314 g/mol. The van der Waals surface area contributed by atoms with Crippen LogP contribution in [0.2, 0.25) is 0 Å². The minimum atomic E-state index is -4.42. The summed E-state index contributed by atoms with van der Waals surface area (Å²) in [6.45, 7) is 2.41. The van der Waals surface area contributed by atoms with Crippen LogP contribution < -0.4 is 0 Å². The summed E-state index contributed by atoms with van der Waals surface area (Å²) in [5.74, 6) is -0.549. The molecule has 1 saturated heterocycles. The molecule has 1 atom stereocenters. The maximum Gasteiger partial charge on any atom is 0.416 e. The number of hydrogen-bond acceptors (Lipinski definition) is 3. The van der Waals surface area contributed by atoms with Gasteiger partial charge in [0, 0.05) is 6.61 Å². The van der Waals surface area contributed by atoms with Crippen molar-refractivity contribution in [2.45, 2.75) is 32.0 Å². The summed E-state index contributed by atoms with van der Waals surface area (Å²) < 4.78 is 48.7. The van der Waals surface area contributed by atoms with Crippen LogP contribution in [0.3, 0.4) is 0 Å². The first-order chi connectivity index (χ1) is 10.4. The maximum absolute atomic E-state index is 12.7. The zero-order valence-corrected chi connectivity index (χ0v) is 12.2. The van der Waals surface area contributed by atoms with Crippen LogP contribution in [0.1, 0.15) is 30.9 Å². The summed E-state index contributed by atoms with van der Waals surface area (Å²) in [6.07, 6.45) is -1.96. The molecule has 0 bridgehead atoms. The fourth-order valence-corrected chi connectivity index (χ4v) is 2.31. The van der Waals surface area contributed by atoms with Crippen LogP contribution in [0.4, 0.5) is 13.2 Å². The molecule has 0 spiro atoms. The summed E-state index contributed by atoms with van der Waals surface area (Å²) in [5, 5.41) is 0. The lowest BCUT2D eigenvalue weighted by atomic mass is 10.0. The van der Waals surface area contributed by atoms with Gasteiger partial charge >= 0.3 is 12.1 Å². The minimum absolute atomic E-state index is 0.200. The van der Waals surface area contributed by atoms with E-state index in [0.717, 1.165) is 18.6 Å². The molecular formula is C16H17F3O3. The molecule has 1 unspecified atom stereocenters. The van der Waals surface area contributed by atoms with Crippen molar-refractivity contribution in [2.75, 3.05) is 13.2 Å². The maximum atomic E-state index is 12.7. The van der Waals surface area contributed by atoms with Crippen LogP contribution in [0.5, 0.6) is 0 Å². The fourth-order valence-electron chi connectivity index (χ4n) is 2.31. The highest BCUT2D eigenvalue weighted by Gasteiger charge is 2.31. The molecule has 1 aromatic carbocycles. The average molecular weight is 314 g/mol. The SMILES string of the molecule is CCOC(=O)/C(=C/c1cccc(C(F)(F)F)c1)C1CCCO1. The predicted octanol–water partition coefficient (Wildman–Crippen LogP) is 3.83. The van der Waals surface area contributed by atoms with Gasteiger partial charge in [-0.1, -0.05) is 12.1 Å². The van der Waals surface area contributed by atoms with Gasteiger partial charge in [0.1, 0.15) is 0 Å². The van der Waals surface area contributed by atoms with E-state index in [1.54, 1.807) is 6.92 Å². The molecule has 1 aliphatic heterocycles. The number of benzene rings is 1. The quantitative estimate of drug-likeness (QED) is 0.626. The van der Waals surface area contributed by atoms with Gasteiger partial charge in [-0.25, -0.2) is 4.79 Å². The van der Waals surface area contributed by atoms with Gasteiger partial charge in [-0.2, -0.15) is 13.2 Å². The highest BCUT2D eigenvalue weighted by atomic mass is 19.4. The number of esters is 1. The molecule has 0 aliphatic carbocycles. The van der Waals surface area contributed by atoms with Gasteiger partial charge in [0.2, 0.25) is 0 Å². The van der Waals surface area contributed by atoms with Crippen LogP contribution in [-0.4, -0.2) is 25.3 Å². The third kappa shape index (κ3) is 4.10. The van der Waals surface area contributed by atoms with Crippen LogP contribution in [0.25, 0.3) is 6.08 Å². The van der Waals surface area contributed by atoms with E-state index in [1.807, 2.05) is 0 Å². The fraction of sp³-hybridized carbons (Fsp3) is 0.438. The Morgan fingerprint density at radius 1 is 1.45 bits per heavy atom. The van der Waals surface area contributed by atoms with Crippen LogP contribution in [0.15, 0.2) is 29.8 Å². The molecule has 0 aromatic heterocycles. The first kappa shape index (κ1) is 16.5. The van der Waals surface area contributed by atoms with Gasteiger partial charge in [0.15, 0.2) is 0 Å². The molecular weight excluding hydrogens is 297 g/mol. The number of hydrogen-bond donors (Lipinski definition) is 0. The number of ether oxygens (including phenoxy) is 2. The van der Waals surface area contributed by atoms with Crippen molar-refractivity contribution in [3.05, 3.63) is 41.0 Å². The average Bonchev–Trinajstić information content (AvgIpc) is 2.98. The summed E-state index contributed by atoms with van der Waals surface area (Å²) in [5.41, 5.74) is -0.191. The van der Waals surface area contributed by atoms with Crippen LogP contribution in [-0.2, 0) is 20.4 Å². The Kier molecular flexibility index (Phi) is 5.24. The zero-order chi connectivity index (χ0) is 16.2.